The van der Waals surface area contributed by atoms with Crippen molar-refractivity contribution in [1.29, 1.82) is 0 Å². The van der Waals surface area contributed by atoms with Crippen molar-refractivity contribution < 1.29 is 4.79 Å². The lowest BCUT2D eigenvalue weighted by Crippen LogP contribution is -2.20. The third-order valence-electron chi connectivity index (χ3n) is 3.33. The van der Waals surface area contributed by atoms with Gasteiger partial charge in [0.1, 0.15) is 0 Å². The predicted octanol–water partition coefficient (Wildman–Crippen LogP) is 3.52. The number of rotatable bonds is 1. The first kappa shape index (κ1) is 12.9. The van der Waals surface area contributed by atoms with E-state index in [2.05, 4.69) is 15.2 Å². The summed E-state index contributed by atoms with van der Waals surface area (Å²) in [4.78, 5) is 18.3. The fraction of sp³-hybridized carbons (Fsp3) is 0.200. The molecule has 102 valence electrons. The Bertz CT molecular complexity index is 672. The molecule has 0 radical (unpaired) electrons. The number of aryl methyl sites for hydroxylation is 1. The highest BCUT2D eigenvalue weighted by atomic mass is 35.5. The van der Waals surface area contributed by atoms with Gasteiger partial charge in [-0.25, -0.2) is 4.98 Å². The summed E-state index contributed by atoms with van der Waals surface area (Å²) in [6, 6.07) is 9.79. The Balaban J connectivity index is 2.13. The van der Waals surface area contributed by atoms with Crippen molar-refractivity contribution in [2.45, 2.75) is 13.3 Å². The molecule has 0 atom stereocenters. The monoisotopic (exact) mass is 287 g/mol. The minimum absolute atomic E-state index is 0.0219. The van der Waals surface area contributed by atoms with Crippen LogP contribution in [0.4, 0.5) is 17.2 Å². The highest BCUT2D eigenvalue weighted by molar-refractivity contribution is 6.31. The first-order valence-corrected chi connectivity index (χ1v) is 6.81. The molecule has 0 bridgehead atoms. The van der Waals surface area contributed by atoms with E-state index in [0.29, 0.717) is 23.7 Å². The number of nitrogens with zero attached hydrogens (tertiary/aromatic N) is 2. The molecule has 2 aromatic rings. The van der Waals surface area contributed by atoms with Crippen molar-refractivity contribution in [3.63, 3.8) is 0 Å². The maximum atomic E-state index is 11.8. The van der Waals surface area contributed by atoms with Crippen LogP contribution in [0.15, 0.2) is 36.5 Å². The van der Waals surface area contributed by atoms with E-state index >= 15 is 0 Å². The molecule has 1 aromatic carbocycles. The molecule has 0 saturated heterocycles. The number of para-hydroxylation sites is 1. The van der Waals surface area contributed by atoms with Crippen molar-refractivity contribution in [3.05, 3.63) is 47.1 Å². The predicted molar refractivity (Wildman–Crippen MR) is 80.7 cm³/mol. The molecular formula is C15H14ClN3O. The maximum Gasteiger partial charge on any atom is 0.226 e. The van der Waals surface area contributed by atoms with Crippen molar-refractivity contribution in [1.82, 2.24) is 4.98 Å². The van der Waals surface area contributed by atoms with Crippen LogP contribution in [0.1, 0.15) is 12.0 Å². The molecule has 0 aliphatic carbocycles. The first-order valence-electron chi connectivity index (χ1n) is 6.44. The average molecular weight is 288 g/mol. The summed E-state index contributed by atoms with van der Waals surface area (Å²) in [7, 11) is 0. The van der Waals surface area contributed by atoms with E-state index in [0.717, 1.165) is 17.1 Å². The molecule has 1 amide bonds. The lowest BCUT2D eigenvalue weighted by atomic mass is 10.1. The van der Waals surface area contributed by atoms with Gasteiger partial charge in [-0.2, -0.15) is 0 Å². The zero-order valence-corrected chi connectivity index (χ0v) is 11.8. The summed E-state index contributed by atoms with van der Waals surface area (Å²) in [6.45, 7) is 2.64. The number of halogens is 1. The van der Waals surface area contributed by atoms with Crippen molar-refractivity contribution in [3.8, 4) is 0 Å². The summed E-state index contributed by atoms with van der Waals surface area (Å²) in [5, 5.41) is 3.36. The maximum absolute atomic E-state index is 11.8. The van der Waals surface area contributed by atoms with Crippen LogP contribution >= 0.6 is 11.6 Å². The molecule has 0 spiro atoms. The second-order valence-corrected chi connectivity index (χ2v) is 5.20. The number of anilines is 3. The quantitative estimate of drug-likeness (QED) is 0.873. The summed E-state index contributed by atoms with van der Waals surface area (Å²) >= 11 is 5.97. The van der Waals surface area contributed by atoms with Gasteiger partial charge in [0, 0.05) is 24.8 Å². The van der Waals surface area contributed by atoms with E-state index in [1.165, 1.54) is 0 Å². The van der Waals surface area contributed by atoms with Crippen LogP contribution in [0, 0.1) is 6.92 Å². The van der Waals surface area contributed by atoms with Crippen LogP contribution in [0.2, 0.25) is 5.02 Å². The van der Waals surface area contributed by atoms with Gasteiger partial charge in [-0.1, -0.05) is 29.8 Å². The lowest BCUT2D eigenvalue weighted by Gasteiger charge is -2.24. The zero-order valence-electron chi connectivity index (χ0n) is 11.1. The Morgan fingerprint density at radius 1 is 1.35 bits per heavy atom. The third kappa shape index (κ3) is 2.34. The number of hydrogen-bond acceptors (Lipinski definition) is 3. The van der Waals surface area contributed by atoms with E-state index < -0.39 is 0 Å². The highest BCUT2D eigenvalue weighted by Gasteiger charge is 2.22. The van der Waals surface area contributed by atoms with E-state index in [9.17, 15) is 4.79 Å². The van der Waals surface area contributed by atoms with E-state index in [1.807, 2.05) is 31.2 Å². The average Bonchev–Trinajstić information content (AvgIpc) is 2.57. The molecule has 1 aromatic heterocycles. The topological polar surface area (TPSA) is 45.2 Å². The fourth-order valence-electron chi connectivity index (χ4n) is 2.37. The molecule has 3 rings (SSSR count). The molecule has 0 fully saturated rings. The van der Waals surface area contributed by atoms with E-state index in [4.69, 9.17) is 11.6 Å². The molecule has 1 aliphatic rings. The molecule has 0 unspecified atom stereocenters. The second-order valence-electron chi connectivity index (χ2n) is 4.76. The van der Waals surface area contributed by atoms with Crippen LogP contribution in [0.3, 0.4) is 0 Å². The fourth-order valence-corrected chi connectivity index (χ4v) is 2.53. The smallest absolute Gasteiger partial charge is 0.226 e. The number of fused-ring (bicyclic) bond motifs is 1. The number of amides is 1. The molecule has 20 heavy (non-hydrogen) atoms. The summed E-state index contributed by atoms with van der Waals surface area (Å²) in [5.74, 6) is 0.709. The lowest BCUT2D eigenvalue weighted by molar-refractivity contribution is -0.115. The molecule has 2 heterocycles. The van der Waals surface area contributed by atoms with Crippen LogP contribution in [-0.4, -0.2) is 17.4 Å². The van der Waals surface area contributed by atoms with Gasteiger partial charge in [-0.15, -0.1) is 0 Å². The van der Waals surface area contributed by atoms with Gasteiger partial charge in [0.25, 0.3) is 0 Å². The van der Waals surface area contributed by atoms with Crippen LogP contribution in [0.25, 0.3) is 0 Å². The minimum atomic E-state index is -0.0219. The Labute approximate surface area is 122 Å². The number of carbonyl (C=O) groups is 1. The second kappa shape index (κ2) is 5.13. The summed E-state index contributed by atoms with van der Waals surface area (Å²) < 4.78 is 0. The minimum Gasteiger partial charge on any atom is -0.324 e. The number of pyridine rings is 1. The molecular weight excluding hydrogens is 274 g/mol. The Kier molecular flexibility index (Phi) is 3.32. The molecule has 1 N–H and O–H groups in total. The van der Waals surface area contributed by atoms with Gasteiger partial charge in [-0.3, -0.25) is 4.79 Å². The van der Waals surface area contributed by atoms with Gasteiger partial charge in [0.2, 0.25) is 5.91 Å². The number of hydrogen-bond donors (Lipinski definition) is 1. The molecule has 4 nitrogen and oxygen atoms in total. The van der Waals surface area contributed by atoms with Crippen molar-refractivity contribution in [2.75, 3.05) is 16.8 Å². The number of aromatic nitrogens is 1. The highest BCUT2D eigenvalue weighted by Crippen LogP contribution is 2.35. The third-order valence-corrected chi connectivity index (χ3v) is 3.54. The van der Waals surface area contributed by atoms with E-state index in [1.54, 1.807) is 12.3 Å². The van der Waals surface area contributed by atoms with E-state index in [-0.39, 0.29) is 5.91 Å². The summed E-state index contributed by atoms with van der Waals surface area (Å²) in [6.07, 6.45) is 2.02. The SMILES string of the molecule is Cc1ccccc1N1CCC(=O)Nc2cc(Cl)cnc21. The normalized spacial score (nSPS) is 14.5. The van der Waals surface area contributed by atoms with Crippen molar-refractivity contribution >= 4 is 34.7 Å². The zero-order chi connectivity index (χ0) is 14.1. The Morgan fingerprint density at radius 3 is 2.95 bits per heavy atom. The van der Waals surface area contributed by atoms with Crippen molar-refractivity contribution in [2.24, 2.45) is 0 Å². The van der Waals surface area contributed by atoms with Gasteiger partial charge < -0.3 is 10.2 Å². The van der Waals surface area contributed by atoms with Gasteiger partial charge in [0.15, 0.2) is 5.82 Å². The van der Waals surface area contributed by atoms with Crippen LogP contribution in [-0.2, 0) is 4.79 Å². The molecule has 0 saturated carbocycles. The number of carbonyl (C=O) groups excluding carboxylic acids is 1. The molecule has 5 heteroatoms. The largest absolute Gasteiger partial charge is 0.324 e. The Hall–Kier alpha value is -2.07. The van der Waals surface area contributed by atoms with Crippen LogP contribution < -0.4 is 10.2 Å². The Morgan fingerprint density at radius 2 is 2.15 bits per heavy atom. The standard InChI is InChI=1S/C15H14ClN3O/c1-10-4-2-3-5-13(10)19-7-6-14(20)18-12-8-11(16)9-17-15(12)19/h2-5,8-9H,6-7H2,1H3,(H,18,20). The summed E-state index contributed by atoms with van der Waals surface area (Å²) in [5.41, 5.74) is 2.85. The van der Waals surface area contributed by atoms with Gasteiger partial charge in [0.05, 0.1) is 10.7 Å². The number of nitrogens with one attached hydrogen (secondary N) is 1. The first-order chi connectivity index (χ1) is 9.65. The molecule has 1 aliphatic heterocycles. The van der Waals surface area contributed by atoms with Gasteiger partial charge in [-0.05, 0) is 24.6 Å². The number of benzene rings is 1. The van der Waals surface area contributed by atoms with Gasteiger partial charge >= 0.3 is 0 Å². The van der Waals surface area contributed by atoms with Crippen LogP contribution in [0.5, 0.6) is 0 Å².